The first-order valence-electron chi connectivity index (χ1n) is 11.9. The molecule has 0 unspecified atom stereocenters. The third-order valence-corrected chi connectivity index (χ3v) is 6.42. The fourth-order valence-electron chi connectivity index (χ4n) is 4.62. The fourth-order valence-corrected chi connectivity index (χ4v) is 4.62. The number of alkyl halides is 3. The molecule has 0 aliphatic heterocycles. The SMILES string of the molecule is COc1cc(CN=Cc2cc(C(F)(F)F)cc(-c3c4ccccc4cc4ccccc34)c2O)cc(OC)c1. The van der Waals surface area contributed by atoms with Gasteiger partial charge in [-0.1, -0.05) is 48.5 Å². The molecule has 0 aliphatic carbocycles. The van der Waals surface area contributed by atoms with Crippen molar-refractivity contribution in [3.8, 4) is 28.4 Å². The lowest BCUT2D eigenvalue weighted by Crippen LogP contribution is -2.06. The number of phenolic OH excluding ortho intramolecular Hbond substituents is 1. The summed E-state index contributed by atoms with van der Waals surface area (Å²) in [6, 6.07) is 24.1. The molecular formula is C31H24F3NO3. The molecule has 0 bridgehead atoms. The van der Waals surface area contributed by atoms with Crippen LogP contribution in [0.1, 0.15) is 16.7 Å². The number of benzene rings is 5. The van der Waals surface area contributed by atoms with Gasteiger partial charge in [-0.25, -0.2) is 0 Å². The van der Waals surface area contributed by atoms with Gasteiger partial charge in [0, 0.05) is 29.0 Å². The molecule has 0 atom stereocenters. The van der Waals surface area contributed by atoms with E-state index >= 15 is 0 Å². The molecule has 0 spiro atoms. The van der Waals surface area contributed by atoms with E-state index in [9.17, 15) is 18.3 Å². The topological polar surface area (TPSA) is 51.0 Å². The zero-order chi connectivity index (χ0) is 26.9. The molecule has 0 heterocycles. The Bertz CT molecular complexity index is 1600. The van der Waals surface area contributed by atoms with Crippen LogP contribution in [0, 0.1) is 0 Å². The smallest absolute Gasteiger partial charge is 0.416 e. The Hall–Kier alpha value is -4.52. The third-order valence-electron chi connectivity index (χ3n) is 6.42. The molecule has 38 heavy (non-hydrogen) atoms. The zero-order valence-electron chi connectivity index (χ0n) is 20.7. The number of halogens is 3. The van der Waals surface area contributed by atoms with Crippen molar-refractivity contribution in [2.75, 3.05) is 14.2 Å². The molecular weight excluding hydrogens is 491 g/mol. The van der Waals surface area contributed by atoms with Gasteiger partial charge in [-0.3, -0.25) is 4.99 Å². The van der Waals surface area contributed by atoms with Crippen LogP contribution in [-0.4, -0.2) is 25.5 Å². The molecule has 7 heteroatoms. The highest BCUT2D eigenvalue weighted by molar-refractivity contribution is 6.14. The molecule has 0 radical (unpaired) electrons. The zero-order valence-corrected chi connectivity index (χ0v) is 20.7. The van der Waals surface area contributed by atoms with Gasteiger partial charge in [-0.05, 0) is 57.4 Å². The average molecular weight is 516 g/mol. The second-order valence-corrected chi connectivity index (χ2v) is 8.84. The van der Waals surface area contributed by atoms with Gasteiger partial charge in [0.15, 0.2) is 0 Å². The summed E-state index contributed by atoms with van der Waals surface area (Å²) in [5.74, 6) is 0.870. The predicted octanol–water partition coefficient (Wildman–Crippen LogP) is 8.02. The number of aliphatic imine (C=N–C) groups is 1. The Morgan fingerprint density at radius 1 is 0.789 bits per heavy atom. The molecule has 0 aliphatic rings. The van der Waals surface area contributed by atoms with E-state index in [-0.39, 0.29) is 23.4 Å². The van der Waals surface area contributed by atoms with Gasteiger partial charge < -0.3 is 14.6 Å². The largest absolute Gasteiger partial charge is 0.507 e. The maximum atomic E-state index is 14.0. The second-order valence-electron chi connectivity index (χ2n) is 8.84. The van der Waals surface area contributed by atoms with Crippen molar-refractivity contribution in [1.29, 1.82) is 0 Å². The van der Waals surface area contributed by atoms with Crippen molar-refractivity contribution in [1.82, 2.24) is 0 Å². The number of hydrogen-bond acceptors (Lipinski definition) is 4. The molecule has 1 N–H and O–H groups in total. The normalized spacial score (nSPS) is 11.9. The van der Waals surface area contributed by atoms with Crippen LogP contribution in [0.5, 0.6) is 17.2 Å². The first kappa shape index (κ1) is 25.1. The fraction of sp³-hybridized carbons (Fsp3) is 0.129. The highest BCUT2D eigenvalue weighted by atomic mass is 19.4. The number of rotatable bonds is 6. The van der Waals surface area contributed by atoms with Crippen molar-refractivity contribution >= 4 is 27.8 Å². The van der Waals surface area contributed by atoms with Crippen LogP contribution in [0.15, 0.2) is 89.9 Å². The molecule has 4 nitrogen and oxygen atoms in total. The van der Waals surface area contributed by atoms with Crippen LogP contribution in [0.4, 0.5) is 13.2 Å². The maximum absolute atomic E-state index is 14.0. The monoisotopic (exact) mass is 515 g/mol. The number of methoxy groups -OCH3 is 2. The van der Waals surface area contributed by atoms with Gasteiger partial charge in [0.2, 0.25) is 0 Å². The van der Waals surface area contributed by atoms with Gasteiger partial charge in [0.25, 0.3) is 0 Å². The van der Waals surface area contributed by atoms with E-state index in [0.29, 0.717) is 17.1 Å². The lowest BCUT2D eigenvalue weighted by molar-refractivity contribution is -0.137. The molecule has 5 aromatic rings. The van der Waals surface area contributed by atoms with E-state index in [1.165, 1.54) is 20.4 Å². The Morgan fingerprint density at radius 2 is 1.37 bits per heavy atom. The molecule has 5 aromatic carbocycles. The minimum Gasteiger partial charge on any atom is -0.507 e. The van der Waals surface area contributed by atoms with Gasteiger partial charge in [0.1, 0.15) is 17.2 Å². The van der Waals surface area contributed by atoms with Gasteiger partial charge >= 0.3 is 6.18 Å². The first-order chi connectivity index (χ1) is 18.3. The first-order valence-corrected chi connectivity index (χ1v) is 11.9. The molecule has 0 amide bonds. The van der Waals surface area contributed by atoms with Crippen molar-refractivity contribution in [3.63, 3.8) is 0 Å². The van der Waals surface area contributed by atoms with E-state index in [0.717, 1.165) is 39.2 Å². The van der Waals surface area contributed by atoms with Crippen LogP contribution in [0.3, 0.4) is 0 Å². The maximum Gasteiger partial charge on any atom is 0.416 e. The predicted molar refractivity (Wildman–Crippen MR) is 144 cm³/mol. The number of ether oxygens (including phenoxy) is 2. The van der Waals surface area contributed by atoms with Crippen molar-refractivity contribution in [2.24, 2.45) is 4.99 Å². The summed E-state index contributed by atoms with van der Waals surface area (Å²) in [4.78, 5) is 4.34. The average Bonchev–Trinajstić information content (AvgIpc) is 2.92. The third kappa shape index (κ3) is 4.87. The molecule has 0 saturated heterocycles. The van der Waals surface area contributed by atoms with Crippen molar-refractivity contribution < 1.29 is 27.8 Å². The summed E-state index contributed by atoms with van der Waals surface area (Å²) in [6.07, 6.45) is -3.35. The van der Waals surface area contributed by atoms with E-state index in [1.54, 1.807) is 18.2 Å². The Kier molecular flexibility index (Phi) is 6.68. The van der Waals surface area contributed by atoms with Gasteiger partial charge in [0.05, 0.1) is 26.3 Å². The van der Waals surface area contributed by atoms with Crippen LogP contribution < -0.4 is 9.47 Å². The Morgan fingerprint density at radius 3 is 1.92 bits per heavy atom. The van der Waals surface area contributed by atoms with E-state index < -0.39 is 11.7 Å². The van der Waals surface area contributed by atoms with E-state index in [1.807, 2.05) is 54.6 Å². The van der Waals surface area contributed by atoms with Crippen molar-refractivity contribution in [3.05, 3.63) is 102 Å². The quantitative estimate of drug-likeness (QED) is 0.184. The van der Waals surface area contributed by atoms with Gasteiger partial charge in [-0.2, -0.15) is 13.2 Å². The highest BCUT2D eigenvalue weighted by Crippen LogP contribution is 2.44. The standard InChI is InChI=1S/C31H24F3NO3/c1-37-24-11-19(12-25(16-24)38-2)17-35-18-22-14-23(31(32,33)34)15-28(30(22)36)29-26-9-5-3-7-20(26)13-21-8-4-6-10-27(21)29/h3-16,18,36H,17H2,1-2H3. The van der Waals surface area contributed by atoms with Crippen LogP contribution >= 0.6 is 0 Å². The summed E-state index contributed by atoms with van der Waals surface area (Å²) >= 11 is 0. The number of aromatic hydroxyl groups is 1. The number of nitrogens with zero attached hydrogens (tertiary/aromatic N) is 1. The molecule has 0 fully saturated rings. The van der Waals surface area contributed by atoms with Crippen LogP contribution in [0.25, 0.3) is 32.7 Å². The lowest BCUT2D eigenvalue weighted by atomic mass is 9.89. The molecule has 0 saturated carbocycles. The minimum atomic E-state index is -4.62. The Balaban J connectivity index is 1.67. The molecule has 5 rings (SSSR count). The number of fused-ring (bicyclic) bond motifs is 2. The highest BCUT2D eigenvalue weighted by Gasteiger charge is 2.32. The summed E-state index contributed by atoms with van der Waals surface area (Å²) < 4.78 is 52.6. The number of phenols is 1. The van der Waals surface area contributed by atoms with E-state index in [4.69, 9.17) is 9.47 Å². The summed E-state index contributed by atoms with van der Waals surface area (Å²) in [5.41, 5.74) is 0.476. The van der Waals surface area contributed by atoms with E-state index in [2.05, 4.69) is 4.99 Å². The van der Waals surface area contributed by atoms with Crippen LogP contribution in [0.2, 0.25) is 0 Å². The summed E-state index contributed by atoms with van der Waals surface area (Å²) in [6.45, 7) is 0.149. The van der Waals surface area contributed by atoms with Gasteiger partial charge in [-0.15, -0.1) is 0 Å². The molecule has 0 aromatic heterocycles. The van der Waals surface area contributed by atoms with Crippen molar-refractivity contribution in [2.45, 2.75) is 12.7 Å². The number of hydrogen-bond donors (Lipinski definition) is 1. The molecule has 192 valence electrons. The van der Waals surface area contributed by atoms with Crippen LogP contribution in [-0.2, 0) is 12.7 Å². The second kappa shape index (κ2) is 10.1. The summed E-state index contributed by atoms with van der Waals surface area (Å²) in [7, 11) is 3.06. The minimum absolute atomic E-state index is 0.0262. The summed E-state index contributed by atoms with van der Waals surface area (Å²) in [5, 5.41) is 14.5. The lowest BCUT2D eigenvalue weighted by Gasteiger charge is -2.17. The Labute approximate surface area is 217 Å².